The minimum atomic E-state index is -0.789. The molecule has 19 heavy (non-hydrogen) atoms. The van der Waals surface area contributed by atoms with Crippen molar-refractivity contribution < 1.29 is 14.3 Å². The fourth-order valence-corrected chi connectivity index (χ4v) is 2.38. The lowest BCUT2D eigenvalue weighted by molar-refractivity contribution is -0.149. The summed E-state index contributed by atoms with van der Waals surface area (Å²) < 4.78 is 13.9. The lowest BCUT2D eigenvalue weighted by Crippen LogP contribution is -2.40. The Hall–Kier alpha value is -0.940. The maximum Gasteiger partial charge on any atom is 0.310 e. The second kappa shape index (κ2) is 7.01. The Morgan fingerprint density at radius 3 is 2.58 bits per heavy atom. The van der Waals surface area contributed by atoms with E-state index >= 15 is 0 Å². The van der Waals surface area contributed by atoms with Crippen LogP contribution in [0.1, 0.15) is 32.3 Å². The zero-order valence-electron chi connectivity index (χ0n) is 11.2. The van der Waals surface area contributed by atoms with Gasteiger partial charge in [-0.1, -0.05) is 29.8 Å². The van der Waals surface area contributed by atoms with E-state index in [1.807, 2.05) is 13.8 Å². The summed E-state index contributed by atoms with van der Waals surface area (Å²) in [4.78, 5) is 11.3. The quantitative estimate of drug-likeness (QED) is 0.803. The molecule has 0 spiro atoms. The number of carboxylic acids is 1. The molecule has 0 aliphatic heterocycles. The van der Waals surface area contributed by atoms with Crippen LogP contribution in [-0.2, 0) is 11.3 Å². The van der Waals surface area contributed by atoms with Crippen molar-refractivity contribution in [3.8, 4) is 0 Å². The van der Waals surface area contributed by atoms with Gasteiger partial charge in [-0.2, -0.15) is 0 Å². The van der Waals surface area contributed by atoms with Crippen LogP contribution in [0.2, 0.25) is 0 Å². The SMILES string of the molecule is CCC(CC)(CNCc1cc(F)ccc1Br)C(=O)O. The van der Waals surface area contributed by atoms with Gasteiger partial charge >= 0.3 is 5.97 Å². The lowest BCUT2D eigenvalue weighted by atomic mass is 9.82. The highest BCUT2D eigenvalue weighted by Crippen LogP contribution is 2.26. The van der Waals surface area contributed by atoms with E-state index in [1.54, 1.807) is 6.07 Å². The highest BCUT2D eigenvalue weighted by molar-refractivity contribution is 9.10. The minimum absolute atomic E-state index is 0.296. The Labute approximate surface area is 121 Å². The van der Waals surface area contributed by atoms with Gasteiger partial charge in [0.25, 0.3) is 0 Å². The highest BCUT2D eigenvalue weighted by atomic mass is 79.9. The van der Waals surface area contributed by atoms with Crippen molar-refractivity contribution in [1.82, 2.24) is 5.32 Å². The Morgan fingerprint density at radius 2 is 2.05 bits per heavy atom. The summed E-state index contributed by atoms with van der Waals surface area (Å²) in [6, 6.07) is 4.47. The van der Waals surface area contributed by atoms with Gasteiger partial charge in [0.2, 0.25) is 0 Å². The van der Waals surface area contributed by atoms with Crippen LogP contribution in [0.15, 0.2) is 22.7 Å². The summed E-state index contributed by atoms with van der Waals surface area (Å²) in [5.74, 6) is -1.08. The van der Waals surface area contributed by atoms with Gasteiger partial charge in [-0.05, 0) is 36.6 Å². The van der Waals surface area contributed by atoms with Crippen molar-refractivity contribution in [3.05, 3.63) is 34.1 Å². The van der Waals surface area contributed by atoms with Crippen LogP contribution >= 0.6 is 15.9 Å². The number of nitrogens with one attached hydrogen (secondary N) is 1. The Kier molecular flexibility index (Phi) is 5.94. The van der Waals surface area contributed by atoms with Crippen molar-refractivity contribution in [2.45, 2.75) is 33.2 Å². The molecular formula is C14H19BrFNO2. The van der Waals surface area contributed by atoms with Crippen LogP contribution in [0.3, 0.4) is 0 Å². The first-order chi connectivity index (χ1) is 8.95. The second-order valence-corrected chi connectivity index (χ2v) is 5.49. The molecule has 106 valence electrons. The topological polar surface area (TPSA) is 49.3 Å². The molecule has 1 aromatic carbocycles. The van der Waals surface area contributed by atoms with E-state index in [4.69, 9.17) is 0 Å². The fourth-order valence-electron chi connectivity index (χ4n) is 1.99. The van der Waals surface area contributed by atoms with E-state index in [1.165, 1.54) is 12.1 Å². The van der Waals surface area contributed by atoms with E-state index < -0.39 is 11.4 Å². The third kappa shape index (κ3) is 4.01. The summed E-state index contributed by atoms with van der Waals surface area (Å²) in [5.41, 5.74) is 0.0336. The molecule has 0 radical (unpaired) electrons. The molecule has 0 saturated heterocycles. The third-order valence-electron chi connectivity index (χ3n) is 3.59. The second-order valence-electron chi connectivity index (χ2n) is 4.63. The van der Waals surface area contributed by atoms with Gasteiger partial charge in [0.15, 0.2) is 0 Å². The van der Waals surface area contributed by atoms with Crippen LogP contribution in [0.4, 0.5) is 4.39 Å². The number of carbonyl (C=O) groups is 1. The maximum atomic E-state index is 13.1. The van der Waals surface area contributed by atoms with E-state index in [0.29, 0.717) is 25.9 Å². The van der Waals surface area contributed by atoms with Crippen LogP contribution in [-0.4, -0.2) is 17.6 Å². The molecule has 0 unspecified atom stereocenters. The van der Waals surface area contributed by atoms with E-state index in [2.05, 4.69) is 21.2 Å². The predicted molar refractivity (Wildman–Crippen MR) is 76.5 cm³/mol. The van der Waals surface area contributed by atoms with Gasteiger partial charge in [0, 0.05) is 17.6 Å². The molecule has 0 fully saturated rings. The zero-order chi connectivity index (χ0) is 14.5. The van der Waals surface area contributed by atoms with Crippen LogP contribution < -0.4 is 5.32 Å². The Bertz CT molecular complexity index is 447. The van der Waals surface area contributed by atoms with Gasteiger partial charge in [-0.3, -0.25) is 4.79 Å². The molecule has 3 nitrogen and oxygen atoms in total. The van der Waals surface area contributed by atoms with Crippen molar-refractivity contribution >= 4 is 21.9 Å². The number of hydrogen-bond donors (Lipinski definition) is 2. The zero-order valence-corrected chi connectivity index (χ0v) is 12.8. The molecular weight excluding hydrogens is 313 g/mol. The predicted octanol–water partition coefficient (Wildman–Crippen LogP) is 3.57. The number of aliphatic carboxylic acids is 1. The first-order valence-electron chi connectivity index (χ1n) is 6.33. The monoisotopic (exact) mass is 331 g/mol. The summed E-state index contributed by atoms with van der Waals surface area (Å²) >= 11 is 3.35. The summed E-state index contributed by atoms with van der Waals surface area (Å²) in [6.07, 6.45) is 1.13. The smallest absolute Gasteiger partial charge is 0.310 e. The molecule has 1 aromatic rings. The minimum Gasteiger partial charge on any atom is -0.481 e. The van der Waals surface area contributed by atoms with Crippen LogP contribution in [0, 0.1) is 11.2 Å². The molecule has 0 saturated carbocycles. The van der Waals surface area contributed by atoms with E-state index in [0.717, 1.165) is 10.0 Å². The number of benzene rings is 1. The number of carboxylic acid groups (broad SMARTS) is 1. The largest absolute Gasteiger partial charge is 0.481 e. The Morgan fingerprint density at radius 1 is 1.42 bits per heavy atom. The molecule has 0 aliphatic carbocycles. The first kappa shape index (κ1) is 16.1. The van der Waals surface area contributed by atoms with Crippen molar-refractivity contribution in [2.75, 3.05) is 6.54 Å². The van der Waals surface area contributed by atoms with E-state index in [-0.39, 0.29) is 5.82 Å². The van der Waals surface area contributed by atoms with E-state index in [9.17, 15) is 14.3 Å². The third-order valence-corrected chi connectivity index (χ3v) is 4.37. The molecule has 1 rings (SSSR count). The average Bonchev–Trinajstić information content (AvgIpc) is 2.38. The average molecular weight is 332 g/mol. The van der Waals surface area contributed by atoms with Crippen molar-refractivity contribution in [3.63, 3.8) is 0 Å². The molecule has 0 atom stereocenters. The maximum absolute atomic E-state index is 13.1. The molecule has 0 heterocycles. The standard InChI is InChI=1S/C14H19BrFNO2/c1-3-14(4-2,13(18)19)9-17-8-10-7-11(16)5-6-12(10)15/h5-7,17H,3-4,8-9H2,1-2H3,(H,18,19). The van der Waals surface area contributed by atoms with Gasteiger partial charge in [0.1, 0.15) is 5.82 Å². The molecule has 0 aromatic heterocycles. The van der Waals surface area contributed by atoms with Gasteiger partial charge in [-0.15, -0.1) is 0 Å². The van der Waals surface area contributed by atoms with Crippen molar-refractivity contribution in [2.24, 2.45) is 5.41 Å². The number of hydrogen-bond acceptors (Lipinski definition) is 2. The number of halogens is 2. The van der Waals surface area contributed by atoms with Gasteiger partial charge in [0.05, 0.1) is 5.41 Å². The first-order valence-corrected chi connectivity index (χ1v) is 7.12. The lowest BCUT2D eigenvalue weighted by Gasteiger charge is -2.27. The fraction of sp³-hybridized carbons (Fsp3) is 0.500. The van der Waals surface area contributed by atoms with Crippen LogP contribution in [0.5, 0.6) is 0 Å². The molecule has 0 bridgehead atoms. The summed E-state index contributed by atoms with van der Waals surface area (Å²) in [6.45, 7) is 4.56. The van der Waals surface area contributed by atoms with Gasteiger partial charge in [-0.25, -0.2) is 4.39 Å². The van der Waals surface area contributed by atoms with Crippen molar-refractivity contribution in [1.29, 1.82) is 0 Å². The van der Waals surface area contributed by atoms with Gasteiger partial charge < -0.3 is 10.4 Å². The molecule has 0 amide bonds. The highest BCUT2D eigenvalue weighted by Gasteiger charge is 2.34. The normalized spacial score (nSPS) is 11.6. The molecule has 0 aliphatic rings. The molecule has 2 N–H and O–H groups in total. The summed E-state index contributed by atoms with van der Waals surface area (Å²) in [7, 11) is 0. The molecule has 5 heteroatoms. The number of rotatable bonds is 7. The summed E-state index contributed by atoms with van der Waals surface area (Å²) in [5, 5.41) is 12.4. The van der Waals surface area contributed by atoms with Crippen LogP contribution in [0.25, 0.3) is 0 Å². The Balaban J connectivity index is 2.67.